The summed E-state index contributed by atoms with van der Waals surface area (Å²) < 4.78 is 0. The van der Waals surface area contributed by atoms with Crippen molar-refractivity contribution in [3.05, 3.63) is 0 Å². The van der Waals surface area contributed by atoms with Crippen LogP contribution in [-0.4, -0.2) is 24.3 Å². The van der Waals surface area contributed by atoms with E-state index in [0.29, 0.717) is 0 Å². The average molecular weight is 426 g/mol. The summed E-state index contributed by atoms with van der Waals surface area (Å²) in [6.07, 6.45) is 31.4. The largest absolute Gasteiger partial charge is 0.392 e. The molecule has 0 aliphatic carbocycles. The van der Waals surface area contributed by atoms with Crippen LogP contribution in [0.1, 0.15) is 162 Å². The highest BCUT2D eigenvalue weighted by Gasteiger charge is 2.03. The highest BCUT2D eigenvalue weighted by molar-refractivity contribution is 4.60. The first-order chi connectivity index (χ1) is 14.8. The van der Waals surface area contributed by atoms with Gasteiger partial charge in [-0.25, -0.2) is 0 Å². The predicted molar refractivity (Wildman–Crippen MR) is 136 cm³/mol. The smallest absolute Gasteiger partial charge is 0.0664 e. The molecular formula is C28H59NO. The summed E-state index contributed by atoms with van der Waals surface area (Å²) >= 11 is 0. The van der Waals surface area contributed by atoms with Crippen LogP contribution in [0.2, 0.25) is 0 Å². The Balaban J connectivity index is 3.12. The Hall–Kier alpha value is -0.0800. The van der Waals surface area contributed by atoms with E-state index in [2.05, 4.69) is 19.2 Å². The minimum absolute atomic E-state index is 0.142. The molecule has 0 fully saturated rings. The summed E-state index contributed by atoms with van der Waals surface area (Å²) in [6, 6.07) is 0. The molecule has 1 atom stereocenters. The van der Waals surface area contributed by atoms with Gasteiger partial charge in [-0.05, 0) is 19.4 Å². The van der Waals surface area contributed by atoms with E-state index in [9.17, 15) is 5.11 Å². The van der Waals surface area contributed by atoms with Crippen molar-refractivity contribution in [1.82, 2.24) is 5.32 Å². The van der Waals surface area contributed by atoms with Gasteiger partial charge in [0.25, 0.3) is 0 Å². The maximum atomic E-state index is 10.1. The van der Waals surface area contributed by atoms with Gasteiger partial charge in [0, 0.05) is 6.54 Å². The quantitative estimate of drug-likeness (QED) is 0.135. The van der Waals surface area contributed by atoms with E-state index < -0.39 is 0 Å². The van der Waals surface area contributed by atoms with Crippen molar-refractivity contribution >= 4 is 0 Å². The number of unbranched alkanes of at least 4 members (excludes halogenated alkanes) is 20. The molecule has 30 heavy (non-hydrogen) atoms. The van der Waals surface area contributed by atoms with E-state index in [-0.39, 0.29) is 6.10 Å². The number of nitrogens with one attached hydrogen (secondary N) is 1. The lowest BCUT2D eigenvalue weighted by Crippen LogP contribution is -2.27. The third kappa shape index (κ3) is 26.0. The summed E-state index contributed by atoms with van der Waals surface area (Å²) in [5, 5.41) is 13.5. The highest BCUT2D eigenvalue weighted by atomic mass is 16.3. The molecule has 0 aromatic heterocycles. The molecule has 0 aromatic rings. The minimum Gasteiger partial charge on any atom is -0.392 e. The molecule has 0 amide bonds. The first kappa shape index (κ1) is 29.9. The van der Waals surface area contributed by atoms with Gasteiger partial charge < -0.3 is 10.4 Å². The van der Waals surface area contributed by atoms with Crippen molar-refractivity contribution in [1.29, 1.82) is 0 Å². The zero-order chi connectivity index (χ0) is 22.0. The first-order valence-electron chi connectivity index (χ1n) is 14.2. The molecule has 0 spiro atoms. The van der Waals surface area contributed by atoms with Crippen molar-refractivity contribution in [3.8, 4) is 0 Å². The van der Waals surface area contributed by atoms with Gasteiger partial charge in [0.05, 0.1) is 6.10 Å². The fourth-order valence-electron chi connectivity index (χ4n) is 4.33. The number of aliphatic hydroxyl groups is 1. The van der Waals surface area contributed by atoms with Crippen LogP contribution >= 0.6 is 0 Å². The maximum absolute atomic E-state index is 10.1. The van der Waals surface area contributed by atoms with Gasteiger partial charge in [0.15, 0.2) is 0 Å². The number of aliphatic hydroxyl groups excluding tert-OH is 1. The molecule has 2 heteroatoms. The molecule has 0 radical (unpaired) electrons. The third-order valence-electron chi connectivity index (χ3n) is 6.48. The van der Waals surface area contributed by atoms with E-state index in [1.54, 1.807) is 0 Å². The fraction of sp³-hybridized carbons (Fsp3) is 1.00. The zero-order valence-electron chi connectivity index (χ0n) is 21.2. The van der Waals surface area contributed by atoms with E-state index in [0.717, 1.165) is 19.5 Å². The Kier molecular flexibility index (Phi) is 26.9. The zero-order valence-corrected chi connectivity index (χ0v) is 21.2. The molecule has 0 bridgehead atoms. The summed E-state index contributed by atoms with van der Waals surface area (Å²) in [5.41, 5.74) is 0. The Labute approximate surface area is 191 Å². The SMILES string of the molecule is CCCCCCCCCCCCCCCCC(O)CNCCCCCCCCCC. The van der Waals surface area contributed by atoms with Gasteiger partial charge in [0.1, 0.15) is 0 Å². The molecule has 2 N–H and O–H groups in total. The lowest BCUT2D eigenvalue weighted by Gasteiger charge is -2.11. The Morgan fingerprint density at radius 2 is 0.800 bits per heavy atom. The first-order valence-corrected chi connectivity index (χ1v) is 14.2. The summed E-state index contributed by atoms with van der Waals surface area (Å²) in [6.45, 7) is 6.43. The standard InChI is InChI=1S/C28H59NO/c1-3-5-7-9-11-13-14-15-16-17-18-19-21-23-25-28(30)27-29-26-24-22-20-12-10-8-6-4-2/h28-30H,3-27H2,1-2H3. The monoisotopic (exact) mass is 425 g/mol. The molecule has 182 valence electrons. The lowest BCUT2D eigenvalue weighted by molar-refractivity contribution is 0.158. The van der Waals surface area contributed by atoms with Crippen LogP contribution in [0.4, 0.5) is 0 Å². The van der Waals surface area contributed by atoms with Crippen molar-refractivity contribution in [2.45, 2.75) is 168 Å². The second-order valence-electron chi connectivity index (χ2n) is 9.72. The second kappa shape index (κ2) is 27.0. The lowest BCUT2D eigenvalue weighted by atomic mass is 10.0. The van der Waals surface area contributed by atoms with Crippen molar-refractivity contribution in [3.63, 3.8) is 0 Å². The molecule has 0 aliphatic heterocycles. The van der Waals surface area contributed by atoms with Crippen LogP contribution in [0.15, 0.2) is 0 Å². The number of hydrogen-bond donors (Lipinski definition) is 2. The van der Waals surface area contributed by atoms with Gasteiger partial charge in [-0.2, -0.15) is 0 Å². The molecule has 2 nitrogen and oxygen atoms in total. The van der Waals surface area contributed by atoms with Gasteiger partial charge in [-0.15, -0.1) is 0 Å². The Bertz CT molecular complexity index is 294. The summed E-state index contributed by atoms with van der Waals surface area (Å²) in [5.74, 6) is 0. The van der Waals surface area contributed by atoms with Crippen LogP contribution in [0.5, 0.6) is 0 Å². The predicted octanol–water partition coefficient (Wildman–Crippen LogP) is 8.95. The normalized spacial score (nSPS) is 12.5. The molecule has 0 saturated carbocycles. The number of hydrogen-bond acceptors (Lipinski definition) is 2. The highest BCUT2D eigenvalue weighted by Crippen LogP contribution is 2.14. The van der Waals surface area contributed by atoms with E-state index in [1.165, 1.54) is 141 Å². The van der Waals surface area contributed by atoms with Crippen LogP contribution in [-0.2, 0) is 0 Å². The summed E-state index contributed by atoms with van der Waals surface area (Å²) in [7, 11) is 0. The fourth-order valence-corrected chi connectivity index (χ4v) is 4.33. The van der Waals surface area contributed by atoms with Crippen LogP contribution < -0.4 is 5.32 Å². The molecular weight excluding hydrogens is 366 g/mol. The summed E-state index contributed by atoms with van der Waals surface area (Å²) in [4.78, 5) is 0. The molecule has 0 heterocycles. The van der Waals surface area contributed by atoms with E-state index in [1.807, 2.05) is 0 Å². The average Bonchev–Trinajstić information content (AvgIpc) is 2.75. The Morgan fingerprint density at radius 3 is 1.20 bits per heavy atom. The number of rotatable bonds is 26. The topological polar surface area (TPSA) is 32.3 Å². The molecule has 0 saturated heterocycles. The molecule has 1 unspecified atom stereocenters. The minimum atomic E-state index is -0.142. The van der Waals surface area contributed by atoms with Gasteiger partial charge in [-0.3, -0.25) is 0 Å². The van der Waals surface area contributed by atoms with E-state index in [4.69, 9.17) is 0 Å². The Morgan fingerprint density at radius 1 is 0.467 bits per heavy atom. The van der Waals surface area contributed by atoms with Crippen molar-refractivity contribution in [2.75, 3.05) is 13.1 Å². The van der Waals surface area contributed by atoms with Crippen LogP contribution in [0, 0.1) is 0 Å². The second-order valence-corrected chi connectivity index (χ2v) is 9.72. The third-order valence-corrected chi connectivity index (χ3v) is 6.48. The molecule has 0 aromatic carbocycles. The molecule has 0 aliphatic rings. The maximum Gasteiger partial charge on any atom is 0.0664 e. The van der Waals surface area contributed by atoms with Gasteiger partial charge in [0.2, 0.25) is 0 Å². The van der Waals surface area contributed by atoms with Gasteiger partial charge >= 0.3 is 0 Å². The van der Waals surface area contributed by atoms with Gasteiger partial charge in [-0.1, -0.05) is 149 Å². The van der Waals surface area contributed by atoms with Crippen LogP contribution in [0.3, 0.4) is 0 Å². The molecule has 0 rings (SSSR count). The van der Waals surface area contributed by atoms with E-state index >= 15 is 0 Å². The van der Waals surface area contributed by atoms with Crippen molar-refractivity contribution in [2.24, 2.45) is 0 Å². The van der Waals surface area contributed by atoms with Crippen LogP contribution in [0.25, 0.3) is 0 Å². The van der Waals surface area contributed by atoms with Crippen molar-refractivity contribution < 1.29 is 5.11 Å².